The summed E-state index contributed by atoms with van der Waals surface area (Å²) < 4.78 is 13.0. The Morgan fingerprint density at radius 3 is 2.47 bits per heavy atom. The highest BCUT2D eigenvalue weighted by Crippen LogP contribution is 2.25. The Morgan fingerprint density at radius 2 is 2.12 bits per heavy atom. The van der Waals surface area contributed by atoms with Crippen LogP contribution in [0.3, 0.4) is 0 Å². The summed E-state index contributed by atoms with van der Waals surface area (Å²) in [5.41, 5.74) is 5.71. The number of nitrogen functional groups attached to an aromatic ring is 1. The number of anilines is 1. The third kappa shape index (κ3) is 3.19. The summed E-state index contributed by atoms with van der Waals surface area (Å²) in [6, 6.07) is 1.44. The van der Waals surface area contributed by atoms with Crippen molar-refractivity contribution < 1.29 is 9.47 Å². The maximum Gasteiger partial charge on any atom is 0.202 e. The predicted octanol–water partition coefficient (Wildman–Crippen LogP) is 1.69. The van der Waals surface area contributed by atoms with Crippen LogP contribution in [-0.4, -0.2) is 29.1 Å². The highest BCUT2D eigenvalue weighted by atomic mass is 79.9. The Hall–Kier alpha value is -1.10. The molecule has 1 heterocycles. The number of rotatable bonds is 6. The van der Waals surface area contributed by atoms with Crippen molar-refractivity contribution in [1.82, 2.24) is 9.55 Å². The molecule has 0 saturated heterocycles. The Balaban J connectivity index is 3.00. The Bertz CT molecular complexity index is 376. The average Bonchev–Trinajstić information content (AvgIpc) is 2.62. The van der Waals surface area contributed by atoms with Crippen LogP contribution in [-0.2, 0) is 9.47 Å². The van der Waals surface area contributed by atoms with Gasteiger partial charge in [-0.25, -0.2) is 4.98 Å². The Labute approximate surface area is 108 Å². The van der Waals surface area contributed by atoms with Crippen LogP contribution in [0.15, 0.2) is 10.8 Å². The van der Waals surface area contributed by atoms with Gasteiger partial charge in [0.25, 0.3) is 0 Å². The highest BCUT2D eigenvalue weighted by Gasteiger charge is 2.27. The second-order valence-corrected chi connectivity index (χ2v) is 3.97. The number of nitrogens with zero attached hydrogens (tertiary/aromatic N) is 3. The molecule has 1 rings (SSSR count). The molecule has 0 aliphatic rings. The number of hydrogen-bond acceptors (Lipinski definition) is 5. The molecule has 1 atom stereocenters. The van der Waals surface area contributed by atoms with Crippen LogP contribution >= 0.6 is 15.9 Å². The lowest BCUT2D eigenvalue weighted by molar-refractivity contribution is -0.152. The monoisotopic (exact) mass is 302 g/mol. The number of hydrogen-bond donors (Lipinski definition) is 1. The first-order valence-electron chi connectivity index (χ1n) is 5.26. The van der Waals surface area contributed by atoms with Crippen molar-refractivity contribution in [2.24, 2.45) is 0 Å². The van der Waals surface area contributed by atoms with Crippen LogP contribution in [0.1, 0.15) is 19.9 Å². The van der Waals surface area contributed by atoms with Crippen LogP contribution < -0.4 is 5.73 Å². The van der Waals surface area contributed by atoms with Crippen molar-refractivity contribution in [3.05, 3.63) is 10.8 Å². The van der Waals surface area contributed by atoms with Gasteiger partial charge in [-0.2, -0.15) is 5.26 Å². The molecule has 7 heteroatoms. The molecule has 0 aliphatic carbocycles. The maximum absolute atomic E-state index is 9.24. The summed E-state index contributed by atoms with van der Waals surface area (Å²) in [7, 11) is 0. The van der Waals surface area contributed by atoms with Crippen molar-refractivity contribution in [3.8, 4) is 6.07 Å². The molecule has 1 aromatic heterocycles. The van der Waals surface area contributed by atoms with Crippen LogP contribution in [0, 0.1) is 11.3 Å². The predicted molar refractivity (Wildman–Crippen MR) is 66.0 cm³/mol. The van der Waals surface area contributed by atoms with Gasteiger partial charge in [-0.3, -0.25) is 4.57 Å². The Morgan fingerprint density at radius 1 is 1.53 bits per heavy atom. The molecule has 0 bridgehead atoms. The zero-order valence-corrected chi connectivity index (χ0v) is 11.3. The molecule has 0 spiro atoms. The van der Waals surface area contributed by atoms with Gasteiger partial charge in [-0.1, -0.05) is 0 Å². The summed E-state index contributed by atoms with van der Waals surface area (Å²) in [4.78, 5) is 3.92. The number of halogens is 1. The fraction of sp³-hybridized carbons (Fsp3) is 0.600. The number of imidazole rings is 1. The van der Waals surface area contributed by atoms with Gasteiger partial charge in [0, 0.05) is 13.2 Å². The molecule has 0 radical (unpaired) electrons. The third-order valence-electron chi connectivity index (χ3n) is 2.11. The number of nitriles is 1. The van der Waals surface area contributed by atoms with Crippen molar-refractivity contribution >= 4 is 21.9 Å². The van der Waals surface area contributed by atoms with Gasteiger partial charge in [0.2, 0.25) is 5.95 Å². The van der Waals surface area contributed by atoms with E-state index in [0.29, 0.717) is 17.8 Å². The number of nitrogens with two attached hydrogens (primary N) is 1. The summed E-state index contributed by atoms with van der Waals surface area (Å²) in [6.45, 7) is 4.59. The zero-order chi connectivity index (χ0) is 12.8. The molecule has 0 saturated carbocycles. The number of aromatic nitrogens is 2. The van der Waals surface area contributed by atoms with Crippen molar-refractivity contribution in [2.75, 3.05) is 18.9 Å². The van der Waals surface area contributed by atoms with Gasteiger partial charge in [0.05, 0.1) is 12.3 Å². The van der Waals surface area contributed by atoms with E-state index in [9.17, 15) is 5.26 Å². The van der Waals surface area contributed by atoms with Crippen LogP contribution in [0.4, 0.5) is 5.95 Å². The summed E-state index contributed by atoms with van der Waals surface area (Å²) in [6.07, 6.45) is 0.872. The second kappa shape index (κ2) is 6.59. The lowest BCUT2D eigenvalue weighted by atomic mass is 10.3. The summed E-state index contributed by atoms with van der Waals surface area (Å²) >= 11 is 3.29. The van der Waals surface area contributed by atoms with Gasteiger partial charge in [-0.05, 0) is 29.8 Å². The van der Waals surface area contributed by atoms with E-state index in [1.165, 1.54) is 10.8 Å². The first kappa shape index (κ1) is 14.0. The smallest absolute Gasteiger partial charge is 0.202 e. The van der Waals surface area contributed by atoms with E-state index in [-0.39, 0.29) is 5.95 Å². The second-order valence-electron chi connectivity index (χ2n) is 3.16. The standard InChI is InChI=1S/C10H15BrN4O2/c1-3-16-9(17-4-2)7(5-12)15-8(11)6-14-10(15)13/h6-7,9H,3-4H2,1-2H3,(H2,13,14). The molecule has 6 nitrogen and oxygen atoms in total. The molecule has 94 valence electrons. The molecule has 17 heavy (non-hydrogen) atoms. The van der Waals surface area contributed by atoms with E-state index in [0.717, 1.165) is 0 Å². The minimum Gasteiger partial charge on any atom is -0.369 e. The minimum atomic E-state index is -0.674. The molecule has 1 aromatic rings. The van der Waals surface area contributed by atoms with Crippen LogP contribution in [0.25, 0.3) is 0 Å². The largest absolute Gasteiger partial charge is 0.369 e. The topological polar surface area (TPSA) is 86.1 Å². The van der Waals surface area contributed by atoms with Crippen LogP contribution in [0.2, 0.25) is 0 Å². The van der Waals surface area contributed by atoms with Crippen molar-refractivity contribution in [2.45, 2.75) is 26.2 Å². The molecular formula is C10H15BrN4O2. The first-order chi connectivity index (χ1) is 8.15. The summed E-state index contributed by atoms with van der Waals surface area (Å²) in [5.74, 6) is 0.243. The summed E-state index contributed by atoms with van der Waals surface area (Å²) in [5, 5.41) is 9.24. The molecular weight excluding hydrogens is 288 g/mol. The van der Waals surface area contributed by atoms with Gasteiger partial charge in [0.1, 0.15) is 4.60 Å². The van der Waals surface area contributed by atoms with Gasteiger partial charge in [-0.15, -0.1) is 0 Å². The van der Waals surface area contributed by atoms with Gasteiger partial charge < -0.3 is 15.2 Å². The van der Waals surface area contributed by atoms with E-state index in [4.69, 9.17) is 15.2 Å². The lowest BCUT2D eigenvalue weighted by Crippen LogP contribution is -2.30. The molecule has 0 amide bonds. The van der Waals surface area contributed by atoms with E-state index in [2.05, 4.69) is 27.0 Å². The molecule has 2 N–H and O–H groups in total. The average molecular weight is 303 g/mol. The molecule has 1 unspecified atom stereocenters. The van der Waals surface area contributed by atoms with E-state index < -0.39 is 12.3 Å². The van der Waals surface area contributed by atoms with Crippen molar-refractivity contribution in [3.63, 3.8) is 0 Å². The number of ether oxygens (including phenoxy) is 2. The fourth-order valence-electron chi connectivity index (χ4n) is 1.43. The quantitative estimate of drug-likeness (QED) is 0.808. The zero-order valence-electron chi connectivity index (χ0n) is 9.76. The first-order valence-corrected chi connectivity index (χ1v) is 6.06. The fourth-order valence-corrected chi connectivity index (χ4v) is 1.93. The molecule has 0 aromatic carbocycles. The molecule has 0 fully saturated rings. The normalized spacial score (nSPS) is 12.6. The van der Waals surface area contributed by atoms with E-state index in [1.807, 2.05) is 13.8 Å². The van der Waals surface area contributed by atoms with Crippen LogP contribution in [0.5, 0.6) is 0 Å². The highest BCUT2D eigenvalue weighted by molar-refractivity contribution is 9.10. The van der Waals surface area contributed by atoms with E-state index in [1.54, 1.807) is 0 Å². The van der Waals surface area contributed by atoms with Gasteiger partial charge in [0.15, 0.2) is 12.3 Å². The lowest BCUT2D eigenvalue weighted by Gasteiger charge is -2.23. The minimum absolute atomic E-state index is 0.243. The maximum atomic E-state index is 9.24. The molecule has 0 aliphatic heterocycles. The SMILES string of the molecule is CCOC(OCC)C(C#N)n1c(Br)cnc1N. The van der Waals surface area contributed by atoms with E-state index >= 15 is 0 Å². The Kier molecular flexibility index (Phi) is 5.41. The van der Waals surface area contributed by atoms with Gasteiger partial charge >= 0.3 is 0 Å². The third-order valence-corrected chi connectivity index (χ3v) is 2.70. The van der Waals surface area contributed by atoms with Crippen molar-refractivity contribution in [1.29, 1.82) is 5.26 Å².